The summed E-state index contributed by atoms with van der Waals surface area (Å²) in [5, 5.41) is 6.48. The lowest BCUT2D eigenvalue weighted by atomic mass is 9.97. The minimum atomic E-state index is -0.436. The summed E-state index contributed by atoms with van der Waals surface area (Å²) >= 11 is 0. The predicted octanol–water partition coefficient (Wildman–Crippen LogP) is 2.91. The van der Waals surface area contributed by atoms with E-state index in [2.05, 4.69) is 15.2 Å². The number of urea groups is 1. The number of hydrogen-bond acceptors (Lipinski definition) is 4. The summed E-state index contributed by atoms with van der Waals surface area (Å²) in [6, 6.07) is 16.9. The predicted molar refractivity (Wildman–Crippen MR) is 126 cm³/mol. The van der Waals surface area contributed by atoms with Crippen molar-refractivity contribution in [3.05, 3.63) is 72.1 Å². The van der Waals surface area contributed by atoms with E-state index in [0.717, 1.165) is 41.5 Å². The molecule has 8 nitrogen and oxygen atoms in total. The third-order valence-corrected chi connectivity index (χ3v) is 6.41. The Morgan fingerprint density at radius 1 is 1.00 bits per heavy atom. The lowest BCUT2D eigenvalue weighted by molar-refractivity contribution is -0.123. The first-order chi connectivity index (χ1) is 16.0. The third kappa shape index (κ3) is 3.95. The molecular weight excluding hydrogens is 418 g/mol. The second kappa shape index (κ2) is 8.46. The number of aromatic nitrogens is 1. The molecule has 8 heteroatoms. The van der Waals surface area contributed by atoms with Crippen molar-refractivity contribution >= 4 is 40.0 Å². The number of hydrogen-bond donors (Lipinski definition) is 3. The number of carbonyl (C=O) groups is 3. The van der Waals surface area contributed by atoms with Crippen molar-refractivity contribution in [2.45, 2.75) is 19.4 Å². The minimum absolute atomic E-state index is 0.254. The maximum Gasteiger partial charge on any atom is 0.314 e. The number of nitrogens with one attached hydrogen (secondary N) is 2. The average molecular weight is 444 g/mol. The van der Waals surface area contributed by atoms with Crippen LogP contribution in [0.3, 0.4) is 0 Å². The average Bonchev–Trinajstić information content (AvgIpc) is 3.31. The van der Waals surface area contributed by atoms with Gasteiger partial charge in [0.05, 0.1) is 5.57 Å². The van der Waals surface area contributed by atoms with Gasteiger partial charge in [-0.2, -0.15) is 0 Å². The van der Waals surface area contributed by atoms with Gasteiger partial charge in [-0.1, -0.05) is 36.4 Å². The molecule has 2 aromatic carbocycles. The number of nitrogens with zero attached hydrogens (tertiary/aromatic N) is 2. The summed E-state index contributed by atoms with van der Waals surface area (Å²) in [5.74, 6) is -0.454. The molecule has 0 radical (unpaired) electrons. The van der Waals surface area contributed by atoms with Crippen molar-refractivity contribution in [1.82, 2.24) is 14.8 Å². The minimum Gasteiger partial charge on any atom is -0.351 e. The van der Waals surface area contributed by atoms with Crippen molar-refractivity contribution in [2.24, 2.45) is 11.7 Å². The van der Waals surface area contributed by atoms with Crippen molar-refractivity contribution in [3.8, 4) is 0 Å². The maximum atomic E-state index is 12.8. The van der Waals surface area contributed by atoms with Gasteiger partial charge in [-0.25, -0.2) is 4.79 Å². The Balaban J connectivity index is 1.51. The van der Waals surface area contributed by atoms with Crippen LogP contribution < -0.4 is 16.4 Å². The van der Waals surface area contributed by atoms with Crippen molar-refractivity contribution in [3.63, 3.8) is 0 Å². The van der Waals surface area contributed by atoms with E-state index < -0.39 is 11.8 Å². The Hall–Kier alpha value is -4.07. The number of primary amides is 1. The van der Waals surface area contributed by atoms with Crippen LogP contribution in [-0.4, -0.2) is 40.4 Å². The molecule has 33 heavy (non-hydrogen) atoms. The lowest BCUT2D eigenvalue weighted by Gasteiger charge is -2.31. The molecule has 0 saturated carbocycles. The number of carbonyl (C=O) groups excluding carboxylic acids is 3. The molecule has 2 aliphatic heterocycles. The Labute approximate surface area is 191 Å². The fourth-order valence-corrected chi connectivity index (χ4v) is 4.71. The number of benzene rings is 2. The van der Waals surface area contributed by atoms with Gasteiger partial charge in [0.25, 0.3) is 11.8 Å². The Morgan fingerprint density at radius 2 is 1.70 bits per heavy atom. The van der Waals surface area contributed by atoms with Crippen LogP contribution >= 0.6 is 0 Å². The van der Waals surface area contributed by atoms with Gasteiger partial charge in [-0.3, -0.25) is 14.9 Å². The van der Waals surface area contributed by atoms with E-state index in [1.165, 1.54) is 0 Å². The van der Waals surface area contributed by atoms with Gasteiger partial charge in [0.15, 0.2) is 0 Å². The first-order valence-corrected chi connectivity index (χ1v) is 11.1. The number of anilines is 1. The molecule has 0 bridgehead atoms. The van der Waals surface area contributed by atoms with E-state index in [-0.39, 0.29) is 11.7 Å². The maximum absolute atomic E-state index is 12.8. The fourth-order valence-electron chi connectivity index (χ4n) is 4.71. The normalized spacial score (nSPS) is 17.0. The molecule has 168 valence electrons. The fraction of sp³-hybridized carbons (Fsp3) is 0.240. The molecule has 1 fully saturated rings. The van der Waals surface area contributed by atoms with Gasteiger partial charge in [0.1, 0.15) is 5.70 Å². The SMILES string of the molecule is NC(=O)N1CCC(Cn2cc(C3=C(Nc4ccccc4)C(=O)NC3=O)c3ccccc32)CC1. The Morgan fingerprint density at radius 3 is 2.42 bits per heavy atom. The molecule has 1 saturated heterocycles. The second-order valence-electron chi connectivity index (χ2n) is 8.51. The number of nitrogens with two attached hydrogens (primary N) is 1. The Bertz CT molecular complexity index is 1270. The zero-order valence-corrected chi connectivity index (χ0v) is 18.1. The molecule has 5 rings (SSSR count). The number of likely N-dealkylation sites (tertiary alicyclic amines) is 1. The highest BCUT2D eigenvalue weighted by Crippen LogP contribution is 2.33. The molecule has 1 aromatic heterocycles. The standard InChI is InChI=1S/C25H25N5O3/c26-25(33)29-12-10-16(11-13-29)14-30-15-19(18-8-4-5-9-20(18)30)21-22(24(32)28-23(21)31)27-17-6-2-1-3-7-17/h1-9,15-16H,10-14H2,(H2,26,33)(H2,27,28,31,32). The first kappa shape index (κ1) is 20.8. The van der Waals surface area contributed by atoms with E-state index in [9.17, 15) is 14.4 Å². The van der Waals surface area contributed by atoms with E-state index >= 15 is 0 Å². The zero-order valence-electron chi connectivity index (χ0n) is 18.1. The van der Waals surface area contributed by atoms with Crippen molar-refractivity contribution in [1.29, 1.82) is 0 Å². The van der Waals surface area contributed by atoms with Gasteiger partial charge < -0.3 is 20.5 Å². The van der Waals surface area contributed by atoms with Crippen LogP contribution in [0.15, 0.2) is 66.5 Å². The molecule has 0 spiro atoms. The first-order valence-electron chi connectivity index (χ1n) is 11.1. The summed E-state index contributed by atoms with van der Waals surface area (Å²) < 4.78 is 2.15. The monoisotopic (exact) mass is 443 g/mol. The summed E-state index contributed by atoms with van der Waals surface area (Å²) in [4.78, 5) is 38.6. The summed E-state index contributed by atoms with van der Waals surface area (Å²) in [5.41, 5.74) is 8.48. The van der Waals surface area contributed by atoms with Gasteiger partial charge in [0, 0.05) is 48.0 Å². The van der Waals surface area contributed by atoms with Crippen LogP contribution in [0.1, 0.15) is 18.4 Å². The largest absolute Gasteiger partial charge is 0.351 e. The van der Waals surface area contributed by atoms with Gasteiger partial charge in [0.2, 0.25) is 0 Å². The number of piperidine rings is 1. The molecule has 2 aliphatic rings. The number of rotatable bonds is 5. The van der Waals surface area contributed by atoms with Crippen LogP contribution in [-0.2, 0) is 16.1 Å². The zero-order chi connectivity index (χ0) is 22.9. The van der Waals surface area contributed by atoms with Crippen molar-refractivity contribution < 1.29 is 14.4 Å². The number of imide groups is 1. The molecule has 0 atom stereocenters. The van der Waals surface area contributed by atoms with Crippen LogP contribution in [0.25, 0.3) is 16.5 Å². The molecule has 0 unspecified atom stereocenters. The van der Waals surface area contributed by atoms with E-state index in [1.54, 1.807) is 4.90 Å². The highest BCUT2D eigenvalue weighted by Gasteiger charge is 2.33. The van der Waals surface area contributed by atoms with E-state index in [1.807, 2.05) is 60.8 Å². The summed E-state index contributed by atoms with van der Waals surface area (Å²) in [6.07, 6.45) is 3.70. The second-order valence-corrected chi connectivity index (χ2v) is 8.51. The molecular formula is C25H25N5O3. The van der Waals surface area contributed by atoms with Crippen LogP contribution in [0, 0.1) is 5.92 Å². The third-order valence-electron chi connectivity index (χ3n) is 6.41. The molecule has 3 aromatic rings. The quantitative estimate of drug-likeness (QED) is 0.527. The Kier molecular flexibility index (Phi) is 5.34. The van der Waals surface area contributed by atoms with Gasteiger partial charge in [-0.15, -0.1) is 0 Å². The number of amides is 4. The van der Waals surface area contributed by atoms with Crippen LogP contribution in [0.2, 0.25) is 0 Å². The van der Waals surface area contributed by atoms with Gasteiger partial charge in [-0.05, 0) is 37.0 Å². The summed E-state index contributed by atoms with van der Waals surface area (Å²) in [6.45, 7) is 2.07. The molecule has 4 amide bonds. The number of para-hydroxylation sites is 2. The number of fused-ring (bicyclic) bond motifs is 1. The molecule has 3 heterocycles. The smallest absolute Gasteiger partial charge is 0.314 e. The van der Waals surface area contributed by atoms with Crippen molar-refractivity contribution in [2.75, 3.05) is 18.4 Å². The topological polar surface area (TPSA) is 109 Å². The highest BCUT2D eigenvalue weighted by molar-refractivity contribution is 6.38. The van der Waals surface area contributed by atoms with E-state index in [4.69, 9.17) is 5.73 Å². The molecule has 0 aliphatic carbocycles. The molecule has 4 N–H and O–H groups in total. The lowest BCUT2D eigenvalue weighted by Crippen LogP contribution is -2.42. The van der Waals surface area contributed by atoms with E-state index in [0.29, 0.717) is 24.6 Å². The summed E-state index contributed by atoms with van der Waals surface area (Å²) in [7, 11) is 0. The van der Waals surface area contributed by atoms with Crippen LogP contribution in [0.5, 0.6) is 0 Å². The van der Waals surface area contributed by atoms with Gasteiger partial charge >= 0.3 is 6.03 Å². The highest BCUT2D eigenvalue weighted by atomic mass is 16.2. The van der Waals surface area contributed by atoms with Crippen LogP contribution in [0.4, 0.5) is 10.5 Å².